The number of hydrogen-bond donors (Lipinski definition) is 0. The third-order valence-electron chi connectivity index (χ3n) is 5.18. The van der Waals surface area contributed by atoms with Crippen LogP contribution in [0.25, 0.3) is 33.6 Å². The maximum atomic E-state index is 6.05. The summed E-state index contributed by atoms with van der Waals surface area (Å²) >= 11 is 3.52. The highest BCUT2D eigenvalue weighted by Gasteiger charge is 2.23. The van der Waals surface area contributed by atoms with Crippen LogP contribution in [0.4, 0.5) is 0 Å². The highest BCUT2D eigenvalue weighted by Crippen LogP contribution is 2.42. The Balaban J connectivity index is 1.75. The molecule has 0 saturated heterocycles. The smallest absolute Gasteiger partial charge is 0.129 e. The first-order chi connectivity index (χ1) is 14.2. The first kappa shape index (κ1) is 18.0. The minimum Gasteiger partial charge on any atom is -0.497 e. The molecule has 0 amide bonds. The molecule has 0 radical (unpaired) electrons. The lowest BCUT2D eigenvalue weighted by atomic mass is 9.92. The van der Waals surface area contributed by atoms with Crippen LogP contribution in [-0.2, 0) is 6.61 Å². The number of pyridine rings is 1. The highest BCUT2D eigenvalue weighted by atomic mass is 79.9. The standard InChI is InChI=1S/C25H18BrNO2/c1-28-19-12-8-16(9-13-19)21-14-23(17-6-10-18(26)11-7-17)27-25-20-4-2-3-5-24(20)29-15-22(21)25/h2-14H,15H2,1H3. The molecular formula is C25H18BrNO2. The van der Waals surface area contributed by atoms with E-state index in [-0.39, 0.29) is 0 Å². The maximum Gasteiger partial charge on any atom is 0.129 e. The summed E-state index contributed by atoms with van der Waals surface area (Å²) in [7, 11) is 1.68. The van der Waals surface area contributed by atoms with E-state index < -0.39 is 0 Å². The molecule has 29 heavy (non-hydrogen) atoms. The predicted octanol–water partition coefficient (Wildman–Crippen LogP) is 6.75. The number of fused-ring (bicyclic) bond motifs is 3. The summed E-state index contributed by atoms with van der Waals surface area (Å²) in [5.74, 6) is 1.72. The van der Waals surface area contributed by atoms with Crippen LogP contribution in [0.5, 0.6) is 11.5 Å². The topological polar surface area (TPSA) is 31.4 Å². The first-order valence-electron chi connectivity index (χ1n) is 9.39. The Hall–Kier alpha value is -3.11. The van der Waals surface area contributed by atoms with E-state index in [1.807, 2.05) is 42.5 Å². The van der Waals surface area contributed by atoms with Crippen LogP contribution in [0, 0.1) is 0 Å². The van der Waals surface area contributed by atoms with E-state index in [1.165, 1.54) is 0 Å². The fourth-order valence-electron chi connectivity index (χ4n) is 3.68. The molecule has 1 aliphatic heterocycles. The Morgan fingerprint density at radius 2 is 1.59 bits per heavy atom. The molecule has 4 heteroatoms. The van der Waals surface area contributed by atoms with E-state index in [4.69, 9.17) is 14.5 Å². The van der Waals surface area contributed by atoms with Gasteiger partial charge in [-0.1, -0.05) is 52.3 Å². The van der Waals surface area contributed by atoms with Crippen LogP contribution in [0.3, 0.4) is 0 Å². The second-order valence-electron chi connectivity index (χ2n) is 6.90. The van der Waals surface area contributed by atoms with Crippen molar-refractivity contribution in [3.63, 3.8) is 0 Å². The zero-order valence-corrected chi connectivity index (χ0v) is 17.4. The zero-order chi connectivity index (χ0) is 19.8. The van der Waals surface area contributed by atoms with Crippen molar-refractivity contribution in [3.8, 4) is 45.1 Å². The van der Waals surface area contributed by atoms with Crippen molar-refractivity contribution < 1.29 is 9.47 Å². The normalized spacial score (nSPS) is 11.9. The van der Waals surface area contributed by atoms with Crippen LogP contribution < -0.4 is 9.47 Å². The fourth-order valence-corrected chi connectivity index (χ4v) is 3.94. The van der Waals surface area contributed by atoms with E-state index >= 15 is 0 Å². The third kappa shape index (κ3) is 3.30. The summed E-state index contributed by atoms with van der Waals surface area (Å²) in [6, 6.07) is 26.6. The van der Waals surface area contributed by atoms with Crippen molar-refractivity contribution >= 4 is 15.9 Å². The van der Waals surface area contributed by atoms with Gasteiger partial charge in [-0.15, -0.1) is 0 Å². The van der Waals surface area contributed by atoms with E-state index in [2.05, 4.69) is 52.3 Å². The molecule has 1 aliphatic rings. The molecule has 3 aromatic carbocycles. The third-order valence-corrected chi connectivity index (χ3v) is 5.71. The van der Waals surface area contributed by atoms with Crippen molar-refractivity contribution in [1.29, 1.82) is 0 Å². The number of nitrogens with zero attached hydrogens (tertiary/aromatic N) is 1. The SMILES string of the molecule is COc1ccc(-c2cc(-c3ccc(Br)cc3)nc3c2COc2ccccc2-3)cc1. The molecule has 0 saturated carbocycles. The molecule has 0 spiro atoms. The van der Waals surface area contributed by atoms with Crippen molar-refractivity contribution in [1.82, 2.24) is 4.98 Å². The minimum absolute atomic E-state index is 0.501. The summed E-state index contributed by atoms with van der Waals surface area (Å²) in [5.41, 5.74) is 7.39. The van der Waals surface area contributed by atoms with E-state index in [0.29, 0.717) is 6.61 Å². The van der Waals surface area contributed by atoms with Gasteiger partial charge in [-0.25, -0.2) is 4.98 Å². The second-order valence-corrected chi connectivity index (χ2v) is 7.82. The average Bonchev–Trinajstić information content (AvgIpc) is 2.79. The molecule has 1 aromatic heterocycles. The molecule has 5 rings (SSSR count). The summed E-state index contributed by atoms with van der Waals surface area (Å²) in [6.07, 6.45) is 0. The van der Waals surface area contributed by atoms with Gasteiger partial charge in [-0.2, -0.15) is 0 Å². The van der Waals surface area contributed by atoms with Gasteiger partial charge in [-0.3, -0.25) is 0 Å². The van der Waals surface area contributed by atoms with Crippen molar-refractivity contribution in [2.45, 2.75) is 6.61 Å². The van der Waals surface area contributed by atoms with Gasteiger partial charge in [0.25, 0.3) is 0 Å². The van der Waals surface area contributed by atoms with Gasteiger partial charge in [0, 0.05) is 21.2 Å². The Kier molecular flexibility index (Phi) is 4.57. The lowest BCUT2D eigenvalue weighted by Crippen LogP contribution is -2.09. The first-order valence-corrected chi connectivity index (χ1v) is 10.2. The highest BCUT2D eigenvalue weighted by molar-refractivity contribution is 9.10. The molecule has 3 nitrogen and oxygen atoms in total. The van der Waals surface area contributed by atoms with Crippen molar-refractivity contribution in [2.75, 3.05) is 7.11 Å². The number of hydrogen-bond acceptors (Lipinski definition) is 3. The maximum absolute atomic E-state index is 6.05. The van der Waals surface area contributed by atoms with Gasteiger partial charge in [0.15, 0.2) is 0 Å². The predicted molar refractivity (Wildman–Crippen MR) is 119 cm³/mol. The Morgan fingerprint density at radius 3 is 2.34 bits per heavy atom. The molecule has 0 atom stereocenters. The van der Waals surface area contributed by atoms with Crippen molar-refractivity contribution in [2.24, 2.45) is 0 Å². The number of benzene rings is 3. The van der Waals surface area contributed by atoms with Crippen LogP contribution >= 0.6 is 15.9 Å². The van der Waals surface area contributed by atoms with Gasteiger partial charge >= 0.3 is 0 Å². The van der Waals surface area contributed by atoms with E-state index in [0.717, 1.165) is 55.2 Å². The molecule has 0 aliphatic carbocycles. The largest absolute Gasteiger partial charge is 0.497 e. The van der Waals surface area contributed by atoms with Crippen LogP contribution in [-0.4, -0.2) is 12.1 Å². The number of aromatic nitrogens is 1. The van der Waals surface area contributed by atoms with Gasteiger partial charge in [0.05, 0.1) is 18.5 Å². The summed E-state index contributed by atoms with van der Waals surface area (Å²) in [4.78, 5) is 5.05. The molecule has 0 bridgehead atoms. The van der Waals surface area contributed by atoms with Gasteiger partial charge in [0.1, 0.15) is 18.1 Å². The molecule has 4 aromatic rings. The summed E-state index contributed by atoms with van der Waals surface area (Å²) in [5, 5.41) is 0. The Morgan fingerprint density at radius 1 is 0.862 bits per heavy atom. The molecule has 0 N–H and O–H groups in total. The number of para-hydroxylation sites is 1. The van der Waals surface area contributed by atoms with E-state index in [1.54, 1.807) is 7.11 Å². The number of rotatable bonds is 3. The monoisotopic (exact) mass is 443 g/mol. The lowest BCUT2D eigenvalue weighted by Gasteiger charge is -2.23. The Bertz CT molecular complexity index is 1180. The van der Waals surface area contributed by atoms with Crippen LogP contribution in [0.1, 0.15) is 5.56 Å². The van der Waals surface area contributed by atoms with Gasteiger partial charge in [-0.05, 0) is 53.6 Å². The summed E-state index contributed by atoms with van der Waals surface area (Å²) in [6.45, 7) is 0.501. The zero-order valence-electron chi connectivity index (χ0n) is 15.9. The van der Waals surface area contributed by atoms with Crippen LogP contribution in [0.2, 0.25) is 0 Å². The van der Waals surface area contributed by atoms with Gasteiger partial charge in [0.2, 0.25) is 0 Å². The number of methoxy groups -OCH3 is 1. The molecule has 0 fully saturated rings. The lowest BCUT2D eigenvalue weighted by molar-refractivity contribution is 0.302. The minimum atomic E-state index is 0.501. The molecular weight excluding hydrogens is 426 g/mol. The molecule has 142 valence electrons. The molecule has 2 heterocycles. The van der Waals surface area contributed by atoms with Gasteiger partial charge < -0.3 is 9.47 Å². The van der Waals surface area contributed by atoms with Crippen LogP contribution in [0.15, 0.2) is 83.3 Å². The second kappa shape index (κ2) is 7.37. The Labute approximate surface area is 178 Å². The summed E-state index contributed by atoms with van der Waals surface area (Å²) < 4.78 is 12.4. The quantitative estimate of drug-likeness (QED) is 0.351. The fraction of sp³-hybridized carbons (Fsp3) is 0.0800. The number of halogens is 1. The average molecular weight is 444 g/mol. The number of ether oxygens (including phenoxy) is 2. The molecule has 0 unspecified atom stereocenters. The van der Waals surface area contributed by atoms with Crippen molar-refractivity contribution in [3.05, 3.63) is 88.9 Å². The van der Waals surface area contributed by atoms with E-state index in [9.17, 15) is 0 Å².